The monoisotopic (exact) mass is 347 g/mol. The average molecular weight is 347 g/mol. The molecule has 1 aromatic carbocycles. The Kier molecular flexibility index (Phi) is 4.48. The van der Waals surface area contributed by atoms with Crippen molar-refractivity contribution in [2.45, 2.75) is 31.7 Å². The van der Waals surface area contributed by atoms with E-state index in [2.05, 4.69) is 15.0 Å². The van der Waals surface area contributed by atoms with Crippen LogP contribution in [0.15, 0.2) is 48.8 Å². The number of anilines is 1. The molecule has 2 aromatic heterocycles. The zero-order valence-electron chi connectivity index (χ0n) is 14.5. The number of hydrogen-bond acceptors (Lipinski definition) is 5. The molecule has 0 bridgehead atoms. The molecule has 2 N–H and O–H groups in total. The number of likely N-dealkylation sites (tertiary alicyclic amines) is 1. The van der Waals surface area contributed by atoms with Crippen LogP contribution in [0.4, 0.5) is 5.82 Å². The van der Waals surface area contributed by atoms with Crippen molar-refractivity contribution in [1.82, 2.24) is 19.9 Å². The molecule has 26 heavy (non-hydrogen) atoms. The highest BCUT2D eigenvalue weighted by Gasteiger charge is 2.29. The average Bonchev–Trinajstić information content (AvgIpc) is 2.69. The van der Waals surface area contributed by atoms with Crippen molar-refractivity contribution in [3.8, 4) is 0 Å². The summed E-state index contributed by atoms with van der Waals surface area (Å²) in [5.74, 6) is 0.569. The van der Waals surface area contributed by atoms with Crippen molar-refractivity contribution in [2.75, 3.05) is 12.3 Å². The maximum absolute atomic E-state index is 12.9. The number of aromatic nitrogens is 3. The van der Waals surface area contributed by atoms with E-state index in [1.807, 2.05) is 47.4 Å². The van der Waals surface area contributed by atoms with Gasteiger partial charge in [-0.2, -0.15) is 0 Å². The highest BCUT2D eigenvalue weighted by Crippen LogP contribution is 2.31. The van der Waals surface area contributed by atoms with Gasteiger partial charge in [0.05, 0.1) is 23.5 Å². The van der Waals surface area contributed by atoms with E-state index in [0.29, 0.717) is 17.9 Å². The standard InChI is InChI=1S/C20H21N5O/c21-19-15-9-10-16(24-20(15)23-13-22-19)17-8-4-5-11-25(17)18(26)12-14-6-2-1-3-7-14/h1-3,6-7,9-10,13,17H,4-5,8,11-12H2,(H2,21,22,23,24). The topological polar surface area (TPSA) is 85.0 Å². The van der Waals surface area contributed by atoms with Gasteiger partial charge in [-0.25, -0.2) is 15.0 Å². The minimum Gasteiger partial charge on any atom is -0.383 e. The summed E-state index contributed by atoms with van der Waals surface area (Å²) in [5, 5.41) is 0.745. The molecule has 0 radical (unpaired) electrons. The Morgan fingerprint density at radius 3 is 2.81 bits per heavy atom. The zero-order chi connectivity index (χ0) is 17.9. The summed E-state index contributed by atoms with van der Waals surface area (Å²) < 4.78 is 0. The number of carbonyl (C=O) groups is 1. The maximum atomic E-state index is 12.9. The molecule has 0 spiro atoms. The van der Waals surface area contributed by atoms with E-state index in [0.717, 1.165) is 42.5 Å². The number of piperidine rings is 1. The van der Waals surface area contributed by atoms with Crippen LogP contribution in [0.2, 0.25) is 0 Å². The first kappa shape index (κ1) is 16.4. The molecule has 6 nitrogen and oxygen atoms in total. The molecule has 1 aliphatic rings. The predicted octanol–water partition coefficient (Wildman–Crippen LogP) is 2.90. The van der Waals surface area contributed by atoms with E-state index in [-0.39, 0.29) is 11.9 Å². The summed E-state index contributed by atoms with van der Waals surface area (Å²) >= 11 is 0. The first-order chi connectivity index (χ1) is 12.7. The Morgan fingerprint density at radius 2 is 1.96 bits per heavy atom. The van der Waals surface area contributed by atoms with Crippen LogP contribution in [0.1, 0.15) is 36.6 Å². The number of benzene rings is 1. The van der Waals surface area contributed by atoms with E-state index in [1.165, 1.54) is 6.33 Å². The number of amides is 1. The number of rotatable bonds is 3. The zero-order valence-corrected chi connectivity index (χ0v) is 14.5. The van der Waals surface area contributed by atoms with Crippen LogP contribution in [-0.4, -0.2) is 32.3 Å². The first-order valence-corrected chi connectivity index (χ1v) is 8.93. The molecule has 1 fully saturated rings. The van der Waals surface area contributed by atoms with Crippen molar-refractivity contribution in [3.63, 3.8) is 0 Å². The fraction of sp³-hybridized carbons (Fsp3) is 0.300. The lowest BCUT2D eigenvalue weighted by atomic mass is 9.97. The van der Waals surface area contributed by atoms with Crippen LogP contribution >= 0.6 is 0 Å². The van der Waals surface area contributed by atoms with Gasteiger partial charge in [0.25, 0.3) is 0 Å². The van der Waals surface area contributed by atoms with E-state index in [1.54, 1.807) is 0 Å². The SMILES string of the molecule is Nc1ncnc2nc(C3CCCCN3C(=O)Cc3ccccc3)ccc12. The third kappa shape index (κ3) is 3.22. The molecule has 3 heterocycles. The Hall–Kier alpha value is -3.02. The van der Waals surface area contributed by atoms with Crippen LogP contribution in [0.3, 0.4) is 0 Å². The van der Waals surface area contributed by atoms with Crippen LogP contribution in [-0.2, 0) is 11.2 Å². The molecule has 6 heteroatoms. The van der Waals surface area contributed by atoms with Crippen molar-refractivity contribution >= 4 is 22.8 Å². The van der Waals surface area contributed by atoms with Gasteiger partial charge in [-0.05, 0) is 37.0 Å². The third-order valence-electron chi connectivity index (χ3n) is 4.91. The lowest BCUT2D eigenvalue weighted by Crippen LogP contribution is -2.39. The molecule has 1 atom stereocenters. The Labute approximate surface area is 152 Å². The molecule has 132 valence electrons. The molecule has 0 saturated carbocycles. The lowest BCUT2D eigenvalue weighted by molar-refractivity contribution is -0.134. The smallest absolute Gasteiger partial charge is 0.227 e. The number of hydrogen-bond donors (Lipinski definition) is 1. The van der Waals surface area contributed by atoms with Gasteiger partial charge in [0, 0.05) is 6.54 Å². The highest BCUT2D eigenvalue weighted by molar-refractivity contribution is 5.85. The summed E-state index contributed by atoms with van der Waals surface area (Å²) in [6.45, 7) is 0.766. The van der Waals surface area contributed by atoms with Gasteiger partial charge >= 0.3 is 0 Å². The van der Waals surface area contributed by atoms with Gasteiger partial charge in [0.1, 0.15) is 12.1 Å². The normalized spacial score (nSPS) is 17.4. The van der Waals surface area contributed by atoms with Gasteiger partial charge in [-0.15, -0.1) is 0 Å². The Balaban J connectivity index is 1.62. The van der Waals surface area contributed by atoms with Crippen molar-refractivity contribution in [1.29, 1.82) is 0 Å². The molecule has 1 saturated heterocycles. The number of nitrogen functional groups attached to an aromatic ring is 1. The largest absolute Gasteiger partial charge is 0.383 e. The van der Waals surface area contributed by atoms with Gasteiger partial charge in [0.2, 0.25) is 5.91 Å². The highest BCUT2D eigenvalue weighted by atomic mass is 16.2. The summed E-state index contributed by atoms with van der Waals surface area (Å²) in [5.41, 5.74) is 8.38. The second kappa shape index (κ2) is 7.07. The maximum Gasteiger partial charge on any atom is 0.227 e. The predicted molar refractivity (Wildman–Crippen MR) is 100 cm³/mol. The number of nitrogens with zero attached hydrogens (tertiary/aromatic N) is 4. The molecule has 1 aliphatic heterocycles. The van der Waals surface area contributed by atoms with Crippen molar-refractivity contribution in [3.05, 3.63) is 60.0 Å². The minimum atomic E-state index is -0.0134. The summed E-state index contributed by atoms with van der Waals surface area (Å²) in [6.07, 6.45) is 4.87. The van der Waals surface area contributed by atoms with Gasteiger partial charge in [-0.3, -0.25) is 4.79 Å². The number of fused-ring (bicyclic) bond motifs is 1. The van der Waals surface area contributed by atoms with Crippen molar-refractivity contribution in [2.24, 2.45) is 0 Å². The molecule has 1 unspecified atom stereocenters. The molecule has 4 rings (SSSR count). The second-order valence-corrected chi connectivity index (χ2v) is 6.63. The lowest BCUT2D eigenvalue weighted by Gasteiger charge is -2.35. The molecular weight excluding hydrogens is 326 g/mol. The fourth-order valence-electron chi connectivity index (χ4n) is 3.57. The van der Waals surface area contributed by atoms with Crippen molar-refractivity contribution < 1.29 is 4.79 Å². The van der Waals surface area contributed by atoms with E-state index in [9.17, 15) is 4.79 Å². The molecular formula is C20H21N5O. The van der Waals surface area contributed by atoms with Crippen LogP contribution in [0, 0.1) is 0 Å². The number of pyridine rings is 1. The fourth-order valence-corrected chi connectivity index (χ4v) is 3.57. The summed E-state index contributed by atoms with van der Waals surface area (Å²) in [7, 11) is 0. The summed E-state index contributed by atoms with van der Waals surface area (Å²) in [6, 6.07) is 13.7. The molecule has 3 aromatic rings. The first-order valence-electron chi connectivity index (χ1n) is 8.93. The molecule has 1 amide bonds. The van der Waals surface area contributed by atoms with E-state index < -0.39 is 0 Å². The van der Waals surface area contributed by atoms with Crippen LogP contribution < -0.4 is 5.73 Å². The van der Waals surface area contributed by atoms with Crippen LogP contribution in [0.5, 0.6) is 0 Å². The number of carbonyl (C=O) groups excluding carboxylic acids is 1. The second-order valence-electron chi connectivity index (χ2n) is 6.63. The van der Waals surface area contributed by atoms with Gasteiger partial charge < -0.3 is 10.6 Å². The van der Waals surface area contributed by atoms with Gasteiger partial charge in [-0.1, -0.05) is 30.3 Å². The van der Waals surface area contributed by atoms with E-state index in [4.69, 9.17) is 5.73 Å². The quantitative estimate of drug-likeness (QED) is 0.787. The molecule has 0 aliphatic carbocycles. The van der Waals surface area contributed by atoms with Gasteiger partial charge in [0.15, 0.2) is 5.65 Å². The number of nitrogens with two attached hydrogens (primary N) is 1. The van der Waals surface area contributed by atoms with Crippen LogP contribution in [0.25, 0.3) is 11.0 Å². The Bertz CT molecular complexity index is 928. The van der Waals surface area contributed by atoms with E-state index >= 15 is 0 Å². The third-order valence-corrected chi connectivity index (χ3v) is 4.91. The summed E-state index contributed by atoms with van der Waals surface area (Å²) in [4.78, 5) is 27.8. The minimum absolute atomic E-state index is 0.0134. The Morgan fingerprint density at radius 1 is 1.12 bits per heavy atom.